The molecule has 0 amide bonds. The lowest BCUT2D eigenvalue weighted by Crippen LogP contribution is -2.34. The molecule has 1 saturated heterocycles. The van der Waals surface area contributed by atoms with E-state index in [1.165, 1.54) is 10.4 Å². The van der Waals surface area contributed by atoms with Crippen molar-refractivity contribution in [2.45, 2.75) is 18.0 Å². The SMILES string of the molecule is CC1OCCN1S(=O)(=O)c1ccccc1Cl. The van der Waals surface area contributed by atoms with E-state index in [1.54, 1.807) is 25.1 Å². The molecule has 1 atom stereocenters. The second kappa shape index (κ2) is 4.33. The molecule has 0 saturated carbocycles. The lowest BCUT2D eigenvalue weighted by molar-refractivity contribution is 0.0846. The molecule has 1 heterocycles. The summed E-state index contributed by atoms with van der Waals surface area (Å²) < 4.78 is 31.0. The maximum absolute atomic E-state index is 12.2. The van der Waals surface area contributed by atoms with Crippen LogP contribution in [-0.2, 0) is 14.8 Å². The monoisotopic (exact) mass is 261 g/mol. The average molecular weight is 262 g/mol. The van der Waals surface area contributed by atoms with Crippen molar-refractivity contribution in [3.63, 3.8) is 0 Å². The first-order valence-electron chi connectivity index (χ1n) is 4.91. The third kappa shape index (κ3) is 1.96. The van der Waals surface area contributed by atoms with E-state index >= 15 is 0 Å². The molecule has 2 rings (SSSR count). The Morgan fingerprint density at radius 1 is 1.44 bits per heavy atom. The third-order valence-electron chi connectivity index (χ3n) is 2.50. The van der Waals surface area contributed by atoms with Crippen LogP contribution in [-0.4, -0.2) is 32.1 Å². The van der Waals surface area contributed by atoms with E-state index in [0.29, 0.717) is 13.2 Å². The number of sulfonamides is 1. The van der Waals surface area contributed by atoms with Gasteiger partial charge >= 0.3 is 0 Å². The largest absolute Gasteiger partial charge is 0.361 e. The van der Waals surface area contributed by atoms with Crippen molar-refractivity contribution in [1.29, 1.82) is 0 Å². The first kappa shape index (κ1) is 11.9. The standard InChI is InChI=1S/C10H12ClNO3S/c1-8-12(6-7-15-8)16(13,14)10-5-3-2-4-9(10)11/h2-5,8H,6-7H2,1H3. The molecule has 0 radical (unpaired) electrons. The first-order valence-corrected chi connectivity index (χ1v) is 6.73. The van der Waals surface area contributed by atoms with Crippen LogP contribution in [0.15, 0.2) is 29.2 Å². The van der Waals surface area contributed by atoms with Crippen LogP contribution in [0.2, 0.25) is 5.02 Å². The fraction of sp³-hybridized carbons (Fsp3) is 0.400. The van der Waals surface area contributed by atoms with Crippen molar-refractivity contribution in [2.24, 2.45) is 0 Å². The normalized spacial score (nSPS) is 22.5. The molecule has 6 heteroatoms. The minimum absolute atomic E-state index is 0.133. The number of nitrogens with zero attached hydrogens (tertiary/aromatic N) is 1. The maximum Gasteiger partial charge on any atom is 0.246 e. The summed E-state index contributed by atoms with van der Waals surface area (Å²) in [4.78, 5) is 0.133. The minimum atomic E-state index is -3.54. The Morgan fingerprint density at radius 2 is 2.12 bits per heavy atom. The molecule has 88 valence electrons. The number of hydrogen-bond donors (Lipinski definition) is 0. The van der Waals surface area contributed by atoms with Crippen molar-refractivity contribution < 1.29 is 13.2 Å². The van der Waals surface area contributed by atoms with E-state index in [2.05, 4.69) is 0 Å². The molecule has 16 heavy (non-hydrogen) atoms. The summed E-state index contributed by atoms with van der Waals surface area (Å²) in [6.45, 7) is 2.50. The van der Waals surface area contributed by atoms with Gasteiger partial charge in [0.2, 0.25) is 10.0 Å². The van der Waals surface area contributed by atoms with Crippen LogP contribution >= 0.6 is 11.6 Å². The van der Waals surface area contributed by atoms with Crippen LogP contribution < -0.4 is 0 Å². The van der Waals surface area contributed by atoms with Gasteiger partial charge in [0, 0.05) is 6.54 Å². The van der Waals surface area contributed by atoms with Gasteiger partial charge in [-0.05, 0) is 19.1 Å². The molecule has 0 N–H and O–H groups in total. The quantitative estimate of drug-likeness (QED) is 0.814. The van der Waals surface area contributed by atoms with Gasteiger partial charge in [0.25, 0.3) is 0 Å². The summed E-state index contributed by atoms with van der Waals surface area (Å²) in [5.74, 6) is 0. The Morgan fingerprint density at radius 3 is 2.69 bits per heavy atom. The van der Waals surface area contributed by atoms with Crippen molar-refractivity contribution in [3.8, 4) is 0 Å². The van der Waals surface area contributed by atoms with Gasteiger partial charge in [-0.3, -0.25) is 0 Å². The second-order valence-electron chi connectivity index (χ2n) is 3.52. The minimum Gasteiger partial charge on any atom is -0.361 e. The Balaban J connectivity index is 2.43. The van der Waals surface area contributed by atoms with Gasteiger partial charge in [0.05, 0.1) is 11.6 Å². The average Bonchev–Trinajstić information content (AvgIpc) is 2.65. The first-order chi connectivity index (χ1) is 7.53. The fourth-order valence-electron chi connectivity index (χ4n) is 1.67. The highest BCUT2D eigenvalue weighted by molar-refractivity contribution is 7.89. The van der Waals surface area contributed by atoms with E-state index in [9.17, 15) is 8.42 Å². The number of hydrogen-bond acceptors (Lipinski definition) is 3. The van der Waals surface area contributed by atoms with Gasteiger partial charge in [-0.25, -0.2) is 8.42 Å². The van der Waals surface area contributed by atoms with E-state index in [1.807, 2.05) is 0 Å². The molecule has 1 aliphatic rings. The van der Waals surface area contributed by atoms with Gasteiger partial charge in [-0.1, -0.05) is 23.7 Å². The summed E-state index contributed by atoms with van der Waals surface area (Å²) in [6.07, 6.45) is -0.429. The summed E-state index contributed by atoms with van der Waals surface area (Å²) in [6, 6.07) is 6.42. The van der Waals surface area contributed by atoms with E-state index in [-0.39, 0.29) is 9.92 Å². The van der Waals surface area contributed by atoms with Gasteiger partial charge < -0.3 is 4.74 Å². The number of halogens is 1. The van der Waals surface area contributed by atoms with E-state index in [0.717, 1.165) is 0 Å². The Labute approximate surface area is 99.8 Å². The molecule has 0 spiro atoms. The topological polar surface area (TPSA) is 46.6 Å². The maximum atomic E-state index is 12.2. The Hall–Kier alpha value is -0.620. The zero-order valence-corrected chi connectivity index (χ0v) is 10.3. The molecule has 0 aliphatic carbocycles. The highest BCUT2D eigenvalue weighted by Crippen LogP contribution is 2.27. The smallest absolute Gasteiger partial charge is 0.246 e. The van der Waals surface area contributed by atoms with Crippen LogP contribution in [0.1, 0.15) is 6.92 Å². The van der Waals surface area contributed by atoms with Crippen LogP contribution in [0.4, 0.5) is 0 Å². The lowest BCUT2D eigenvalue weighted by Gasteiger charge is -2.19. The Kier molecular flexibility index (Phi) is 3.21. The summed E-state index contributed by atoms with van der Waals surface area (Å²) in [7, 11) is -3.54. The van der Waals surface area contributed by atoms with Crippen molar-refractivity contribution in [1.82, 2.24) is 4.31 Å². The molecule has 1 unspecified atom stereocenters. The fourth-order valence-corrected chi connectivity index (χ4v) is 3.69. The van der Waals surface area contributed by atoms with Crippen molar-refractivity contribution in [2.75, 3.05) is 13.2 Å². The zero-order valence-electron chi connectivity index (χ0n) is 8.76. The van der Waals surface area contributed by atoms with Gasteiger partial charge in [-0.15, -0.1) is 0 Å². The van der Waals surface area contributed by atoms with E-state index in [4.69, 9.17) is 16.3 Å². The molecule has 1 aromatic rings. The van der Waals surface area contributed by atoms with Gasteiger partial charge in [0.1, 0.15) is 11.1 Å². The molecule has 4 nitrogen and oxygen atoms in total. The summed E-state index contributed by atoms with van der Waals surface area (Å²) >= 11 is 5.89. The van der Waals surface area contributed by atoms with Crippen LogP contribution in [0.5, 0.6) is 0 Å². The van der Waals surface area contributed by atoms with Gasteiger partial charge in [0.15, 0.2) is 0 Å². The second-order valence-corrected chi connectivity index (χ2v) is 5.78. The highest BCUT2D eigenvalue weighted by atomic mass is 35.5. The third-order valence-corrected chi connectivity index (χ3v) is 4.95. The summed E-state index contributed by atoms with van der Waals surface area (Å²) in [5, 5.41) is 0.238. The predicted octanol–water partition coefficient (Wildman–Crippen LogP) is 1.71. The Bertz CT molecular complexity index is 489. The predicted molar refractivity (Wildman–Crippen MR) is 60.8 cm³/mol. The molecule has 0 bridgehead atoms. The number of ether oxygens (including phenoxy) is 1. The molecule has 1 fully saturated rings. The van der Waals surface area contributed by atoms with Crippen LogP contribution in [0.3, 0.4) is 0 Å². The van der Waals surface area contributed by atoms with Crippen LogP contribution in [0, 0.1) is 0 Å². The summed E-state index contributed by atoms with van der Waals surface area (Å²) in [5.41, 5.74) is 0. The lowest BCUT2D eigenvalue weighted by atomic mass is 10.4. The van der Waals surface area contributed by atoms with Crippen LogP contribution in [0.25, 0.3) is 0 Å². The van der Waals surface area contributed by atoms with E-state index < -0.39 is 16.3 Å². The molecule has 0 aromatic heterocycles. The molecular formula is C10H12ClNO3S. The molecule has 1 aliphatic heterocycles. The number of rotatable bonds is 2. The van der Waals surface area contributed by atoms with Crippen molar-refractivity contribution in [3.05, 3.63) is 29.3 Å². The molecular weight excluding hydrogens is 250 g/mol. The number of benzene rings is 1. The molecule has 1 aromatic carbocycles. The van der Waals surface area contributed by atoms with Gasteiger partial charge in [-0.2, -0.15) is 4.31 Å². The highest BCUT2D eigenvalue weighted by Gasteiger charge is 2.34. The van der Waals surface area contributed by atoms with Crippen molar-refractivity contribution >= 4 is 21.6 Å². The zero-order chi connectivity index (χ0) is 11.8.